The van der Waals surface area contributed by atoms with Crippen molar-refractivity contribution in [1.29, 1.82) is 0 Å². The van der Waals surface area contributed by atoms with Crippen LogP contribution in [-0.2, 0) is 27.5 Å². The van der Waals surface area contributed by atoms with Gasteiger partial charge < -0.3 is 22.8 Å². The van der Waals surface area contributed by atoms with E-state index in [9.17, 15) is 4.79 Å². The lowest BCUT2D eigenvalue weighted by molar-refractivity contribution is -0.242. The number of carbonyl (C=O) groups excluding carboxylic acids is 1. The van der Waals surface area contributed by atoms with Gasteiger partial charge in [0.05, 0.1) is 6.61 Å². The van der Waals surface area contributed by atoms with Crippen LogP contribution in [-0.4, -0.2) is 67.0 Å². The van der Waals surface area contributed by atoms with Gasteiger partial charge in [-0.3, -0.25) is 0 Å². The van der Waals surface area contributed by atoms with Crippen LogP contribution in [0.25, 0.3) is 0 Å². The van der Waals surface area contributed by atoms with E-state index in [0.717, 1.165) is 6.42 Å². The highest BCUT2D eigenvalue weighted by molar-refractivity contribution is 6.72. The number of hydrogen-bond donors (Lipinski definition) is 0. The molecule has 0 bridgehead atoms. The Morgan fingerprint density at radius 3 is 1.61 bits per heavy atom. The molecular weight excluding hydrogens is 425 g/mol. The molecule has 166 valence electrons. The normalized spacial score (nSPS) is 13.6. The lowest BCUT2D eigenvalue weighted by Crippen LogP contribution is -2.58. The summed E-state index contributed by atoms with van der Waals surface area (Å²) in [6.07, 6.45) is 1.05. The van der Waals surface area contributed by atoms with Crippen molar-refractivity contribution in [3.8, 4) is 0 Å². The van der Waals surface area contributed by atoms with Crippen LogP contribution in [0.15, 0.2) is 12.2 Å². The third-order valence-corrected chi connectivity index (χ3v) is 6.39. The van der Waals surface area contributed by atoms with Crippen LogP contribution in [0.1, 0.15) is 6.42 Å². The predicted octanol–water partition coefficient (Wildman–Crippen LogP) is 3.48. The second kappa shape index (κ2) is 11.3. The Bertz CT molecular complexity index is 465. The topological polar surface area (TPSA) is 63.2 Å². The fourth-order valence-electron chi connectivity index (χ4n) is 2.21. The summed E-state index contributed by atoms with van der Waals surface area (Å²) < 4.78 is 29.9. The van der Waals surface area contributed by atoms with Crippen molar-refractivity contribution in [2.75, 3.05) is 19.8 Å². The van der Waals surface area contributed by atoms with E-state index in [-0.39, 0.29) is 12.2 Å². The molecule has 0 fully saturated rings. The molecule has 0 amide bonds. The van der Waals surface area contributed by atoms with E-state index in [1.807, 2.05) is 58.9 Å². The van der Waals surface area contributed by atoms with Crippen molar-refractivity contribution in [1.82, 2.24) is 0 Å². The minimum Gasteiger partial charge on any atom is -0.460 e. The average molecular weight is 467 g/mol. The van der Waals surface area contributed by atoms with Gasteiger partial charge in [-0.25, -0.2) is 4.79 Å². The largest absolute Gasteiger partial charge is 0.460 e. The maximum atomic E-state index is 12.8. The minimum atomic E-state index is -2.15. The number of carbonyl (C=O) groups is 1. The van der Waals surface area contributed by atoms with Gasteiger partial charge in [0.2, 0.25) is 0 Å². The van der Waals surface area contributed by atoms with E-state index in [1.165, 1.54) is 16.3 Å². The summed E-state index contributed by atoms with van der Waals surface area (Å²) >= 11 is 0. The smallest absolute Gasteiger partial charge is 0.341 e. The van der Waals surface area contributed by atoms with Crippen LogP contribution < -0.4 is 0 Å². The summed E-state index contributed by atoms with van der Waals surface area (Å²) in [6.45, 7) is 23.5. The van der Waals surface area contributed by atoms with Gasteiger partial charge in [-0.1, -0.05) is 12.6 Å². The standard InChI is InChI=1S/C18H42O6Si4/c1-16(17(19)21-14-13-20-12-11-15-25)18(22-26(2,3)4,23-27(5,6)7)24-28(8,9)10/h1,11-15H2,2-10,25H3. The van der Waals surface area contributed by atoms with Gasteiger partial charge in [-0.2, -0.15) is 0 Å². The van der Waals surface area contributed by atoms with E-state index in [4.69, 9.17) is 22.8 Å². The monoisotopic (exact) mass is 466 g/mol. The predicted molar refractivity (Wildman–Crippen MR) is 126 cm³/mol. The maximum absolute atomic E-state index is 12.8. The van der Waals surface area contributed by atoms with Crippen LogP contribution in [0.5, 0.6) is 0 Å². The molecule has 0 aliphatic rings. The molecule has 0 aromatic rings. The molecule has 0 saturated heterocycles. The quantitative estimate of drug-likeness (QED) is 0.128. The molecule has 0 saturated carbocycles. The Morgan fingerprint density at radius 2 is 1.25 bits per heavy atom. The summed E-state index contributed by atoms with van der Waals surface area (Å²) in [5, 5.41) is 0. The van der Waals surface area contributed by atoms with Crippen LogP contribution in [0, 0.1) is 0 Å². The first-order chi connectivity index (χ1) is 12.5. The van der Waals surface area contributed by atoms with Crippen LogP contribution >= 0.6 is 0 Å². The summed E-state index contributed by atoms with van der Waals surface area (Å²) in [5.74, 6) is -2.16. The molecule has 28 heavy (non-hydrogen) atoms. The summed E-state index contributed by atoms with van der Waals surface area (Å²) in [5.41, 5.74) is 0.0688. The van der Waals surface area contributed by atoms with Crippen molar-refractivity contribution in [2.45, 2.75) is 77.4 Å². The SMILES string of the molecule is C=C(C(=O)OCCOCCC[SiH3])C(O[Si](C)(C)C)(O[Si](C)(C)C)O[Si](C)(C)C. The Kier molecular flexibility index (Phi) is 11.3. The van der Waals surface area contributed by atoms with Crippen molar-refractivity contribution in [2.24, 2.45) is 0 Å². The Labute approximate surface area is 178 Å². The molecule has 0 unspecified atom stereocenters. The van der Waals surface area contributed by atoms with Gasteiger partial charge in [-0.15, -0.1) is 0 Å². The van der Waals surface area contributed by atoms with Gasteiger partial charge in [0.25, 0.3) is 5.97 Å². The molecule has 6 nitrogen and oxygen atoms in total. The fraction of sp³-hybridized carbons (Fsp3) is 0.833. The second-order valence-electron chi connectivity index (χ2n) is 9.78. The van der Waals surface area contributed by atoms with E-state index >= 15 is 0 Å². The molecule has 0 radical (unpaired) electrons. The maximum Gasteiger partial charge on any atom is 0.341 e. The molecule has 0 spiro atoms. The molecule has 0 atom stereocenters. The number of rotatable bonds is 14. The Hall–Kier alpha value is -0.0825. The molecule has 0 aliphatic carbocycles. The molecule has 10 heteroatoms. The molecule has 0 N–H and O–H groups in total. The first kappa shape index (κ1) is 27.9. The van der Waals surface area contributed by atoms with Crippen LogP contribution in [0.4, 0.5) is 0 Å². The Balaban J connectivity index is 5.49. The van der Waals surface area contributed by atoms with E-state index < -0.39 is 36.9 Å². The van der Waals surface area contributed by atoms with Crippen LogP contribution in [0.3, 0.4) is 0 Å². The molecular formula is C18H42O6Si4. The second-order valence-corrected chi connectivity index (χ2v) is 24.1. The van der Waals surface area contributed by atoms with Crippen molar-refractivity contribution in [3.63, 3.8) is 0 Å². The van der Waals surface area contributed by atoms with E-state index in [2.05, 4.69) is 6.58 Å². The molecule has 0 aromatic heterocycles. The number of hydrogen-bond acceptors (Lipinski definition) is 6. The molecule has 0 aliphatic heterocycles. The summed E-state index contributed by atoms with van der Waals surface area (Å²) in [7, 11) is -5.27. The fourth-order valence-corrected chi connectivity index (χ4v) is 5.79. The molecule has 0 rings (SSSR count). The zero-order valence-corrected chi connectivity index (χ0v) is 24.7. The third-order valence-electron chi connectivity index (χ3n) is 3.04. The van der Waals surface area contributed by atoms with Gasteiger partial charge in [-0.05, 0) is 65.3 Å². The van der Waals surface area contributed by atoms with Gasteiger partial charge >= 0.3 is 5.97 Å². The van der Waals surface area contributed by atoms with Gasteiger partial charge in [0, 0.05) is 16.8 Å². The molecule has 0 aromatic carbocycles. The summed E-state index contributed by atoms with van der Waals surface area (Å²) in [4.78, 5) is 12.8. The van der Waals surface area contributed by atoms with Crippen LogP contribution in [0.2, 0.25) is 65.0 Å². The van der Waals surface area contributed by atoms with Gasteiger partial charge in [0.1, 0.15) is 12.2 Å². The first-order valence-corrected chi connectivity index (χ1v) is 21.7. The lowest BCUT2D eigenvalue weighted by Gasteiger charge is -2.45. The summed E-state index contributed by atoms with van der Waals surface area (Å²) in [6, 6.07) is 1.20. The van der Waals surface area contributed by atoms with E-state index in [1.54, 1.807) is 0 Å². The zero-order valence-electron chi connectivity index (χ0n) is 19.7. The van der Waals surface area contributed by atoms with Crippen molar-refractivity contribution < 1.29 is 27.5 Å². The number of ether oxygens (including phenoxy) is 2. The Morgan fingerprint density at radius 1 is 0.821 bits per heavy atom. The van der Waals surface area contributed by atoms with E-state index in [0.29, 0.717) is 13.2 Å². The lowest BCUT2D eigenvalue weighted by atomic mass is 10.2. The van der Waals surface area contributed by atoms with Crippen molar-refractivity contribution >= 4 is 41.2 Å². The minimum absolute atomic E-state index is 0.0688. The highest BCUT2D eigenvalue weighted by Gasteiger charge is 2.50. The zero-order chi connectivity index (χ0) is 22.2. The van der Waals surface area contributed by atoms with Gasteiger partial charge in [0.15, 0.2) is 25.0 Å². The third kappa shape index (κ3) is 12.5. The first-order valence-electron chi connectivity index (χ1n) is 10.1. The average Bonchev–Trinajstić information content (AvgIpc) is 2.44. The highest BCUT2D eigenvalue weighted by atomic mass is 28.4. The number of esters is 1. The molecule has 0 heterocycles. The van der Waals surface area contributed by atoms with Crippen molar-refractivity contribution in [3.05, 3.63) is 12.2 Å². The highest BCUT2D eigenvalue weighted by Crippen LogP contribution is 2.35.